The van der Waals surface area contributed by atoms with E-state index in [2.05, 4.69) is 23.8 Å². The number of anilines is 1. The summed E-state index contributed by atoms with van der Waals surface area (Å²) in [5, 5.41) is 3.12. The van der Waals surface area contributed by atoms with Crippen molar-refractivity contribution in [2.45, 2.75) is 33.1 Å². The third kappa shape index (κ3) is 4.43. The number of hydrogen-bond acceptors (Lipinski definition) is 6. The van der Waals surface area contributed by atoms with Gasteiger partial charge in [-0.15, -0.1) is 6.58 Å². The molecule has 3 heterocycles. The monoisotopic (exact) mass is 428 g/mol. The number of aromatic nitrogens is 2. The van der Waals surface area contributed by atoms with E-state index in [1.807, 2.05) is 13.0 Å². The van der Waals surface area contributed by atoms with Crippen LogP contribution in [0.2, 0.25) is 0 Å². The third-order valence-electron chi connectivity index (χ3n) is 4.63. The maximum atomic E-state index is 13.2. The number of carbonyl (C=O) groups is 1. The second kappa shape index (κ2) is 9.37. The highest BCUT2D eigenvalue weighted by atomic mass is 32.2. The minimum atomic E-state index is -0.235. The van der Waals surface area contributed by atoms with Gasteiger partial charge in [0.25, 0.3) is 11.5 Å². The summed E-state index contributed by atoms with van der Waals surface area (Å²) < 4.78 is 2.03. The molecule has 0 radical (unpaired) electrons. The van der Waals surface area contributed by atoms with Gasteiger partial charge in [0.1, 0.15) is 15.8 Å². The van der Waals surface area contributed by atoms with Crippen molar-refractivity contribution in [2.24, 2.45) is 0 Å². The van der Waals surface area contributed by atoms with Crippen molar-refractivity contribution in [3.8, 4) is 0 Å². The zero-order chi connectivity index (χ0) is 21.0. The number of pyridine rings is 1. The molecule has 1 fully saturated rings. The Balaban J connectivity index is 2.05. The van der Waals surface area contributed by atoms with Crippen LogP contribution < -0.4 is 10.9 Å². The molecule has 1 aliphatic rings. The molecular weight excluding hydrogens is 404 g/mol. The van der Waals surface area contributed by atoms with Crippen LogP contribution in [-0.2, 0) is 4.79 Å². The Bertz CT molecular complexity index is 1060. The molecule has 2 aromatic rings. The van der Waals surface area contributed by atoms with Gasteiger partial charge in [-0.3, -0.25) is 18.9 Å². The summed E-state index contributed by atoms with van der Waals surface area (Å²) in [5.41, 5.74) is 1.57. The summed E-state index contributed by atoms with van der Waals surface area (Å²) in [4.78, 5) is 32.7. The largest absolute Gasteiger partial charge is 0.366 e. The number of carbonyl (C=O) groups excluding carboxylic acids is 1. The van der Waals surface area contributed by atoms with Crippen LogP contribution in [0.15, 0.2) is 40.7 Å². The highest BCUT2D eigenvalue weighted by Gasteiger charge is 2.32. The summed E-state index contributed by atoms with van der Waals surface area (Å²) in [6.07, 6.45) is 8.00. The van der Waals surface area contributed by atoms with E-state index in [4.69, 9.17) is 12.2 Å². The lowest BCUT2D eigenvalue weighted by Gasteiger charge is -2.13. The molecular formula is C21H24N4O2S2. The molecule has 0 aromatic carbocycles. The van der Waals surface area contributed by atoms with Crippen LogP contribution in [0.3, 0.4) is 0 Å². The average molecular weight is 429 g/mol. The summed E-state index contributed by atoms with van der Waals surface area (Å²) >= 11 is 6.62. The highest BCUT2D eigenvalue weighted by molar-refractivity contribution is 8.26. The molecule has 0 atom stereocenters. The topological polar surface area (TPSA) is 66.7 Å². The Hall–Kier alpha value is -2.45. The van der Waals surface area contributed by atoms with Crippen molar-refractivity contribution in [3.63, 3.8) is 0 Å². The number of hydrogen-bond donors (Lipinski definition) is 1. The molecule has 6 nitrogen and oxygen atoms in total. The number of unbranched alkanes of at least 4 members (excludes halogenated alkanes) is 2. The zero-order valence-electron chi connectivity index (χ0n) is 16.6. The molecule has 1 aliphatic heterocycles. The molecule has 0 unspecified atom stereocenters. The Morgan fingerprint density at radius 1 is 1.34 bits per heavy atom. The van der Waals surface area contributed by atoms with E-state index in [9.17, 15) is 9.59 Å². The first-order valence-corrected chi connectivity index (χ1v) is 10.8. The molecule has 0 aliphatic carbocycles. The predicted molar refractivity (Wildman–Crippen MR) is 124 cm³/mol. The molecule has 152 valence electrons. The normalized spacial score (nSPS) is 15.5. The van der Waals surface area contributed by atoms with Crippen molar-refractivity contribution in [1.82, 2.24) is 14.3 Å². The number of thiocarbonyl (C=S) groups is 1. The highest BCUT2D eigenvalue weighted by Crippen LogP contribution is 2.33. The number of rotatable bonds is 8. The van der Waals surface area contributed by atoms with Crippen LogP contribution in [0.5, 0.6) is 0 Å². The van der Waals surface area contributed by atoms with Crippen LogP contribution in [0, 0.1) is 6.92 Å². The van der Waals surface area contributed by atoms with Crippen LogP contribution in [-0.4, -0.2) is 37.6 Å². The molecule has 8 heteroatoms. The Kier molecular flexibility index (Phi) is 6.87. The lowest BCUT2D eigenvalue weighted by Crippen LogP contribution is -2.29. The van der Waals surface area contributed by atoms with E-state index in [-0.39, 0.29) is 11.5 Å². The first kappa shape index (κ1) is 21.3. The van der Waals surface area contributed by atoms with E-state index in [1.54, 1.807) is 29.3 Å². The maximum Gasteiger partial charge on any atom is 0.267 e. The van der Waals surface area contributed by atoms with Crippen LogP contribution in [0.1, 0.15) is 37.3 Å². The van der Waals surface area contributed by atoms with Crippen molar-refractivity contribution in [1.29, 1.82) is 0 Å². The molecule has 0 saturated carbocycles. The van der Waals surface area contributed by atoms with Gasteiger partial charge in [-0.2, -0.15) is 0 Å². The minimum Gasteiger partial charge on any atom is -0.366 e. The summed E-state index contributed by atoms with van der Waals surface area (Å²) in [6, 6.07) is 3.71. The zero-order valence-corrected chi connectivity index (χ0v) is 18.2. The Morgan fingerprint density at radius 3 is 2.86 bits per heavy atom. The number of nitrogens with one attached hydrogen (secondary N) is 1. The number of fused-ring (bicyclic) bond motifs is 1. The van der Waals surface area contributed by atoms with E-state index in [0.29, 0.717) is 39.3 Å². The van der Waals surface area contributed by atoms with Crippen LogP contribution in [0.25, 0.3) is 11.7 Å². The second-order valence-corrected chi connectivity index (χ2v) is 8.45. The van der Waals surface area contributed by atoms with E-state index in [0.717, 1.165) is 24.8 Å². The fourth-order valence-electron chi connectivity index (χ4n) is 3.09. The summed E-state index contributed by atoms with van der Waals surface area (Å²) in [6.45, 7) is 8.78. The van der Waals surface area contributed by atoms with Crippen molar-refractivity contribution >= 4 is 51.7 Å². The van der Waals surface area contributed by atoms with E-state index >= 15 is 0 Å². The van der Waals surface area contributed by atoms with Crippen molar-refractivity contribution in [2.75, 3.05) is 18.4 Å². The standard InChI is InChI=1S/C21H24N4O2S2/c1-4-6-7-11-25-20(27)16(29-21(25)28)13-15-17(22-10-5-2)23-18-14(3)9-8-12-24(18)19(15)26/h5,8-9,12-13,22H,2,4,6-7,10-11H2,1,3H3/b16-13-. The van der Waals surface area contributed by atoms with Gasteiger partial charge >= 0.3 is 0 Å². The first-order chi connectivity index (χ1) is 14.0. The maximum absolute atomic E-state index is 13.2. The van der Waals surface area contributed by atoms with Crippen LogP contribution >= 0.6 is 24.0 Å². The Morgan fingerprint density at radius 2 is 2.14 bits per heavy atom. The fraction of sp³-hybridized carbons (Fsp3) is 0.333. The van der Waals surface area contributed by atoms with Gasteiger partial charge in [0.05, 0.1) is 10.5 Å². The minimum absolute atomic E-state index is 0.153. The molecule has 1 saturated heterocycles. The van der Waals surface area contributed by atoms with E-state index in [1.165, 1.54) is 16.2 Å². The summed E-state index contributed by atoms with van der Waals surface area (Å²) in [7, 11) is 0. The van der Waals surface area contributed by atoms with Crippen molar-refractivity contribution < 1.29 is 4.79 Å². The molecule has 1 amide bonds. The molecule has 29 heavy (non-hydrogen) atoms. The summed E-state index contributed by atoms with van der Waals surface area (Å²) in [5.74, 6) is 0.278. The van der Waals surface area contributed by atoms with Gasteiger partial charge in [-0.1, -0.05) is 55.9 Å². The smallest absolute Gasteiger partial charge is 0.267 e. The Labute approximate surface area is 179 Å². The number of nitrogens with zero attached hydrogens (tertiary/aromatic N) is 3. The molecule has 3 rings (SSSR count). The molecule has 0 spiro atoms. The van der Waals surface area contributed by atoms with E-state index < -0.39 is 0 Å². The third-order valence-corrected chi connectivity index (χ3v) is 6.01. The fourth-order valence-corrected chi connectivity index (χ4v) is 4.38. The van der Waals surface area contributed by atoms with Gasteiger partial charge in [0.15, 0.2) is 0 Å². The lowest BCUT2D eigenvalue weighted by molar-refractivity contribution is -0.122. The van der Waals surface area contributed by atoms with Gasteiger partial charge in [0.2, 0.25) is 0 Å². The van der Waals surface area contributed by atoms with Gasteiger partial charge in [-0.25, -0.2) is 4.98 Å². The molecule has 0 bridgehead atoms. The number of thioether (sulfide) groups is 1. The molecule has 1 N–H and O–H groups in total. The molecule has 2 aromatic heterocycles. The number of amides is 1. The second-order valence-electron chi connectivity index (χ2n) is 6.77. The quantitative estimate of drug-likeness (QED) is 0.297. The average Bonchev–Trinajstić information content (AvgIpc) is 2.97. The SMILES string of the molecule is C=CCNc1nc2c(C)cccn2c(=O)c1/C=C1\SC(=S)N(CCCCC)C1=O. The van der Waals surface area contributed by atoms with Gasteiger partial charge < -0.3 is 5.32 Å². The van der Waals surface area contributed by atoms with Gasteiger partial charge in [-0.05, 0) is 31.1 Å². The number of aryl methyl sites for hydroxylation is 1. The van der Waals surface area contributed by atoms with Crippen LogP contribution in [0.4, 0.5) is 5.82 Å². The lowest BCUT2D eigenvalue weighted by atomic mass is 10.2. The predicted octanol–water partition coefficient (Wildman–Crippen LogP) is 3.99. The van der Waals surface area contributed by atoms with Gasteiger partial charge in [0, 0.05) is 19.3 Å². The first-order valence-electron chi connectivity index (χ1n) is 9.60. The van der Waals surface area contributed by atoms with Crippen molar-refractivity contribution in [3.05, 3.63) is 57.4 Å².